The number of carbonyl (C=O) groups is 1. The molecular formula is C24H24N4O4. The number of hydrogen-bond donors (Lipinski definition) is 0. The minimum Gasteiger partial charge on any atom is -0.462 e. The predicted molar refractivity (Wildman–Crippen MR) is 117 cm³/mol. The lowest BCUT2D eigenvalue weighted by molar-refractivity contribution is -0.138. The fourth-order valence-electron chi connectivity index (χ4n) is 3.83. The number of benzene rings is 1. The maximum absolute atomic E-state index is 11.8. The first kappa shape index (κ1) is 20.4. The zero-order chi connectivity index (χ0) is 21.9. The quantitative estimate of drug-likeness (QED) is 0.551. The molecule has 164 valence electrons. The summed E-state index contributed by atoms with van der Waals surface area (Å²) in [6.45, 7) is 3.52. The molecule has 2 aliphatic heterocycles. The summed E-state index contributed by atoms with van der Waals surface area (Å²) in [4.78, 5) is 20.9. The van der Waals surface area contributed by atoms with Crippen molar-refractivity contribution in [3.8, 4) is 23.1 Å². The number of ether oxygens (including phenoxy) is 3. The number of carbonyl (C=O) groups excluding carboxylic acids is 1. The predicted octanol–water partition coefficient (Wildman–Crippen LogP) is 3.53. The normalized spacial score (nSPS) is 18.3. The van der Waals surface area contributed by atoms with Crippen molar-refractivity contribution in [1.82, 2.24) is 19.7 Å². The topological polar surface area (TPSA) is 88.4 Å². The van der Waals surface area contributed by atoms with Gasteiger partial charge in [0, 0.05) is 36.9 Å². The van der Waals surface area contributed by atoms with E-state index >= 15 is 0 Å². The minimum absolute atomic E-state index is 0.0483. The second-order valence-electron chi connectivity index (χ2n) is 7.94. The lowest BCUT2D eigenvalue weighted by Gasteiger charge is -2.15. The summed E-state index contributed by atoms with van der Waals surface area (Å²) in [5.74, 6) is 0.199. The zero-order valence-electron chi connectivity index (χ0n) is 17.9. The van der Waals surface area contributed by atoms with Crippen LogP contribution in [0.15, 0.2) is 48.7 Å². The molecule has 0 bridgehead atoms. The molecule has 1 unspecified atom stereocenters. The van der Waals surface area contributed by atoms with Gasteiger partial charge in [-0.15, -0.1) is 0 Å². The van der Waals surface area contributed by atoms with E-state index in [1.807, 2.05) is 30.5 Å². The van der Waals surface area contributed by atoms with Crippen molar-refractivity contribution in [3.63, 3.8) is 0 Å². The number of aromatic nitrogens is 4. The average molecular weight is 432 g/mol. The van der Waals surface area contributed by atoms with E-state index in [2.05, 4.69) is 29.0 Å². The molecule has 8 nitrogen and oxygen atoms in total. The molecule has 3 aromatic rings. The molecule has 4 heterocycles. The van der Waals surface area contributed by atoms with Crippen LogP contribution in [0.3, 0.4) is 0 Å². The molecule has 0 amide bonds. The Hall–Kier alpha value is -3.52. The lowest BCUT2D eigenvalue weighted by Crippen LogP contribution is -2.18. The van der Waals surface area contributed by atoms with Crippen molar-refractivity contribution in [1.29, 1.82) is 0 Å². The van der Waals surface area contributed by atoms with Crippen LogP contribution in [0.5, 0.6) is 6.01 Å². The second-order valence-corrected chi connectivity index (χ2v) is 7.94. The van der Waals surface area contributed by atoms with Gasteiger partial charge in [0.2, 0.25) is 0 Å². The number of nitrogens with zero attached hydrogens (tertiary/aromatic N) is 4. The standard InChI is InChI=1S/C24H24N4O4/c1-16-4-2-5-17(12-16)20-7-9-28(27-20)22-14-21(18-8-11-31-23(29)13-18)25-24(26-22)32-15-19-6-3-10-30-19/h2,4-5,7,9,12-14,19H,3,6,8,10-11,15H2,1H3. The van der Waals surface area contributed by atoms with Crippen molar-refractivity contribution in [2.75, 3.05) is 19.8 Å². The molecule has 32 heavy (non-hydrogen) atoms. The van der Waals surface area contributed by atoms with Gasteiger partial charge in [-0.2, -0.15) is 15.1 Å². The van der Waals surface area contributed by atoms with Gasteiger partial charge in [-0.25, -0.2) is 9.48 Å². The molecule has 0 radical (unpaired) electrons. The third-order valence-corrected chi connectivity index (χ3v) is 5.49. The van der Waals surface area contributed by atoms with Crippen molar-refractivity contribution in [2.24, 2.45) is 0 Å². The second kappa shape index (κ2) is 8.92. The molecule has 1 saturated heterocycles. The fourth-order valence-corrected chi connectivity index (χ4v) is 3.83. The molecule has 2 aromatic heterocycles. The molecule has 0 N–H and O–H groups in total. The van der Waals surface area contributed by atoms with E-state index in [0.29, 0.717) is 31.1 Å². The van der Waals surface area contributed by atoms with Crippen LogP contribution in [0.1, 0.15) is 30.5 Å². The van der Waals surface area contributed by atoms with Crippen molar-refractivity contribution in [2.45, 2.75) is 32.3 Å². The van der Waals surface area contributed by atoms with E-state index in [1.54, 1.807) is 4.68 Å². The maximum atomic E-state index is 11.8. The van der Waals surface area contributed by atoms with Crippen molar-refractivity contribution < 1.29 is 19.0 Å². The number of esters is 1. The van der Waals surface area contributed by atoms with Crippen LogP contribution in [-0.2, 0) is 14.3 Å². The van der Waals surface area contributed by atoms with E-state index in [-0.39, 0.29) is 18.1 Å². The summed E-state index contributed by atoms with van der Waals surface area (Å²) in [5, 5.41) is 4.71. The molecule has 8 heteroatoms. The van der Waals surface area contributed by atoms with E-state index < -0.39 is 0 Å². The third kappa shape index (κ3) is 4.55. The van der Waals surface area contributed by atoms with Gasteiger partial charge >= 0.3 is 12.0 Å². The van der Waals surface area contributed by atoms with Gasteiger partial charge in [-0.3, -0.25) is 0 Å². The minimum atomic E-state index is -0.367. The summed E-state index contributed by atoms with van der Waals surface area (Å²) in [6.07, 6.45) is 5.96. The van der Waals surface area contributed by atoms with Gasteiger partial charge in [0.1, 0.15) is 6.61 Å². The largest absolute Gasteiger partial charge is 0.462 e. The van der Waals surface area contributed by atoms with E-state index in [0.717, 1.165) is 36.3 Å². The first-order chi connectivity index (χ1) is 15.6. The SMILES string of the molecule is Cc1cccc(-c2ccn(-c3cc(C4=CC(=O)OCC4)nc(OCC4CCCO4)n3)n2)c1. The summed E-state index contributed by atoms with van der Waals surface area (Å²) < 4.78 is 18.3. The van der Waals surface area contributed by atoms with E-state index in [4.69, 9.17) is 19.3 Å². The monoisotopic (exact) mass is 432 g/mol. The lowest BCUT2D eigenvalue weighted by atomic mass is 10.1. The van der Waals surface area contributed by atoms with Crippen molar-refractivity contribution in [3.05, 3.63) is 59.9 Å². The van der Waals surface area contributed by atoms with Gasteiger partial charge in [0.25, 0.3) is 0 Å². The summed E-state index contributed by atoms with van der Waals surface area (Å²) >= 11 is 0. The van der Waals surface area contributed by atoms with Gasteiger partial charge in [-0.05, 0) is 37.5 Å². The van der Waals surface area contributed by atoms with Crippen molar-refractivity contribution >= 4 is 11.5 Å². The Bertz CT molecular complexity index is 1160. The van der Waals surface area contributed by atoms with Crippen LogP contribution in [0.25, 0.3) is 22.6 Å². The average Bonchev–Trinajstić information content (AvgIpc) is 3.50. The Balaban J connectivity index is 1.48. The van der Waals surface area contributed by atoms with Crippen LogP contribution in [0, 0.1) is 6.92 Å². The highest BCUT2D eigenvalue weighted by Crippen LogP contribution is 2.25. The molecule has 0 aliphatic carbocycles. The number of cyclic esters (lactones) is 1. The van der Waals surface area contributed by atoms with Gasteiger partial charge in [-0.1, -0.05) is 23.8 Å². The molecule has 1 aromatic carbocycles. The van der Waals surface area contributed by atoms with Crippen LogP contribution >= 0.6 is 0 Å². The Morgan fingerprint density at radius 2 is 2.09 bits per heavy atom. The highest BCUT2D eigenvalue weighted by atomic mass is 16.5. The first-order valence-corrected chi connectivity index (χ1v) is 10.8. The van der Waals surface area contributed by atoms with Crippen LogP contribution in [-0.4, -0.2) is 51.6 Å². The first-order valence-electron chi connectivity index (χ1n) is 10.8. The Morgan fingerprint density at radius 3 is 2.91 bits per heavy atom. The highest BCUT2D eigenvalue weighted by molar-refractivity contribution is 5.92. The molecule has 0 saturated carbocycles. The molecule has 2 aliphatic rings. The molecule has 1 atom stereocenters. The highest BCUT2D eigenvalue weighted by Gasteiger charge is 2.20. The Kier molecular flexibility index (Phi) is 5.68. The maximum Gasteiger partial charge on any atom is 0.331 e. The van der Waals surface area contributed by atoms with E-state index in [9.17, 15) is 4.79 Å². The zero-order valence-corrected chi connectivity index (χ0v) is 17.9. The van der Waals surface area contributed by atoms with Gasteiger partial charge in [0.15, 0.2) is 5.82 Å². The Morgan fingerprint density at radius 1 is 1.16 bits per heavy atom. The van der Waals surface area contributed by atoms with Gasteiger partial charge in [0.05, 0.1) is 24.1 Å². The summed E-state index contributed by atoms with van der Waals surface area (Å²) in [6, 6.07) is 12.2. The van der Waals surface area contributed by atoms with Crippen LogP contribution in [0.4, 0.5) is 0 Å². The molecule has 1 fully saturated rings. The Labute approximate surface area is 185 Å². The third-order valence-electron chi connectivity index (χ3n) is 5.49. The number of hydrogen-bond acceptors (Lipinski definition) is 7. The molecular weight excluding hydrogens is 408 g/mol. The van der Waals surface area contributed by atoms with Crippen LogP contribution < -0.4 is 4.74 Å². The van der Waals surface area contributed by atoms with E-state index in [1.165, 1.54) is 11.6 Å². The smallest absolute Gasteiger partial charge is 0.331 e. The van der Waals surface area contributed by atoms with Crippen LogP contribution in [0.2, 0.25) is 0 Å². The summed E-state index contributed by atoms with van der Waals surface area (Å²) in [7, 11) is 0. The molecule has 0 spiro atoms. The fraction of sp³-hybridized carbons (Fsp3) is 0.333. The summed E-state index contributed by atoms with van der Waals surface area (Å²) in [5.41, 5.74) is 4.46. The van der Waals surface area contributed by atoms with Gasteiger partial charge < -0.3 is 14.2 Å². The molecule has 5 rings (SSSR count). The number of aryl methyl sites for hydroxylation is 1. The number of rotatable bonds is 6.